The quantitative estimate of drug-likeness (QED) is 0.773. The highest BCUT2D eigenvalue weighted by Crippen LogP contribution is 2.22. The van der Waals surface area contributed by atoms with Crippen molar-refractivity contribution in [2.24, 2.45) is 0 Å². The van der Waals surface area contributed by atoms with E-state index in [0.717, 1.165) is 43.7 Å². The molecule has 0 radical (unpaired) electrons. The fourth-order valence-corrected chi connectivity index (χ4v) is 2.35. The van der Waals surface area contributed by atoms with E-state index in [2.05, 4.69) is 22.2 Å². The van der Waals surface area contributed by atoms with Gasteiger partial charge in [-0.05, 0) is 5.56 Å². The first-order valence-corrected chi connectivity index (χ1v) is 6.05. The van der Waals surface area contributed by atoms with Crippen molar-refractivity contribution in [1.82, 2.24) is 10.1 Å². The van der Waals surface area contributed by atoms with Crippen molar-refractivity contribution in [1.29, 1.82) is 0 Å². The van der Waals surface area contributed by atoms with Crippen molar-refractivity contribution >= 4 is 6.29 Å². The standard InChI is InChI=1S/C14H14N2O2/c17-10-13-12-9-16(7-6-14(12)18-15-13)8-11-4-2-1-3-5-11/h1-5,10H,6-9H2. The third kappa shape index (κ3) is 2.07. The molecule has 2 aromatic rings. The molecule has 3 rings (SSSR count). The van der Waals surface area contributed by atoms with Crippen LogP contribution in [0.15, 0.2) is 34.9 Å². The van der Waals surface area contributed by atoms with Gasteiger partial charge >= 0.3 is 0 Å². The number of aromatic nitrogens is 1. The molecule has 4 nitrogen and oxygen atoms in total. The molecule has 0 spiro atoms. The molecule has 0 bridgehead atoms. The fraction of sp³-hybridized carbons (Fsp3) is 0.286. The molecule has 0 saturated carbocycles. The molecule has 18 heavy (non-hydrogen) atoms. The minimum Gasteiger partial charge on any atom is -0.360 e. The number of fused-ring (bicyclic) bond motifs is 1. The number of rotatable bonds is 3. The molecule has 0 saturated heterocycles. The molecule has 4 heteroatoms. The fourth-order valence-electron chi connectivity index (χ4n) is 2.35. The lowest BCUT2D eigenvalue weighted by molar-refractivity contribution is 0.111. The number of carbonyl (C=O) groups is 1. The zero-order chi connectivity index (χ0) is 12.4. The van der Waals surface area contributed by atoms with Gasteiger partial charge in [0.2, 0.25) is 0 Å². The number of aldehydes is 1. The van der Waals surface area contributed by atoms with Gasteiger partial charge in [-0.1, -0.05) is 35.5 Å². The van der Waals surface area contributed by atoms with Gasteiger partial charge in [-0.2, -0.15) is 0 Å². The van der Waals surface area contributed by atoms with Gasteiger partial charge in [0, 0.05) is 31.6 Å². The van der Waals surface area contributed by atoms with Gasteiger partial charge in [-0.15, -0.1) is 0 Å². The molecule has 0 N–H and O–H groups in total. The number of benzene rings is 1. The van der Waals surface area contributed by atoms with Crippen LogP contribution in [0.5, 0.6) is 0 Å². The molecule has 92 valence electrons. The molecule has 0 unspecified atom stereocenters. The molecule has 2 heterocycles. The smallest absolute Gasteiger partial charge is 0.172 e. The highest BCUT2D eigenvalue weighted by atomic mass is 16.5. The zero-order valence-corrected chi connectivity index (χ0v) is 10.0. The summed E-state index contributed by atoms with van der Waals surface area (Å²) in [5, 5.41) is 3.79. The zero-order valence-electron chi connectivity index (χ0n) is 10.0. The van der Waals surface area contributed by atoms with Crippen LogP contribution in [-0.4, -0.2) is 22.9 Å². The third-order valence-electron chi connectivity index (χ3n) is 3.30. The lowest BCUT2D eigenvalue weighted by atomic mass is 10.1. The van der Waals surface area contributed by atoms with Crippen LogP contribution >= 0.6 is 0 Å². The van der Waals surface area contributed by atoms with E-state index in [9.17, 15) is 4.79 Å². The highest BCUT2D eigenvalue weighted by Gasteiger charge is 2.23. The Kier molecular flexibility index (Phi) is 2.94. The lowest BCUT2D eigenvalue weighted by Crippen LogP contribution is -2.29. The molecular formula is C14H14N2O2. The van der Waals surface area contributed by atoms with Crippen LogP contribution < -0.4 is 0 Å². The Balaban J connectivity index is 1.76. The number of hydrogen-bond acceptors (Lipinski definition) is 4. The second kappa shape index (κ2) is 4.74. The Hall–Kier alpha value is -1.94. The number of nitrogens with zero attached hydrogens (tertiary/aromatic N) is 2. The summed E-state index contributed by atoms with van der Waals surface area (Å²) in [6.07, 6.45) is 1.59. The molecule has 0 atom stereocenters. The van der Waals surface area contributed by atoms with Crippen LogP contribution in [0.1, 0.15) is 27.4 Å². The molecule has 1 aliphatic heterocycles. The van der Waals surface area contributed by atoms with Crippen molar-refractivity contribution in [3.05, 3.63) is 52.9 Å². The summed E-state index contributed by atoms with van der Waals surface area (Å²) in [5.74, 6) is 0.862. The summed E-state index contributed by atoms with van der Waals surface area (Å²) in [6, 6.07) is 10.3. The van der Waals surface area contributed by atoms with Crippen molar-refractivity contribution < 1.29 is 9.32 Å². The van der Waals surface area contributed by atoms with E-state index < -0.39 is 0 Å². The maximum atomic E-state index is 10.9. The van der Waals surface area contributed by atoms with Gasteiger partial charge in [0.05, 0.1) is 0 Å². The minimum absolute atomic E-state index is 0.447. The number of hydrogen-bond donors (Lipinski definition) is 0. The van der Waals surface area contributed by atoms with E-state index in [4.69, 9.17) is 4.52 Å². The van der Waals surface area contributed by atoms with Crippen molar-refractivity contribution in [2.75, 3.05) is 6.54 Å². The summed E-state index contributed by atoms with van der Waals surface area (Å²) in [5.41, 5.74) is 2.68. The maximum absolute atomic E-state index is 10.9. The van der Waals surface area contributed by atoms with Crippen molar-refractivity contribution in [3.63, 3.8) is 0 Å². The van der Waals surface area contributed by atoms with Crippen molar-refractivity contribution in [3.8, 4) is 0 Å². The average Bonchev–Trinajstić information content (AvgIpc) is 2.82. The second-order valence-electron chi connectivity index (χ2n) is 4.53. The molecule has 0 amide bonds. The average molecular weight is 242 g/mol. The van der Waals surface area contributed by atoms with E-state index in [0.29, 0.717) is 5.69 Å². The molecule has 1 aromatic carbocycles. The van der Waals surface area contributed by atoms with E-state index in [1.165, 1.54) is 5.56 Å². The maximum Gasteiger partial charge on any atom is 0.172 e. The Morgan fingerprint density at radius 1 is 1.33 bits per heavy atom. The third-order valence-corrected chi connectivity index (χ3v) is 3.30. The monoisotopic (exact) mass is 242 g/mol. The summed E-state index contributed by atoms with van der Waals surface area (Å²) < 4.78 is 5.17. The predicted octanol–water partition coefficient (Wildman–Crippen LogP) is 2.05. The van der Waals surface area contributed by atoms with Crippen LogP contribution in [0.25, 0.3) is 0 Å². The van der Waals surface area contributed by atoms with Crippen LogP contribution in [-0.2, 0) is 19.5 Å². The van der Waals surface area contributed by atoms with Gasteiger partial charge in [0.1, 0.15) is 5.76 Å². The van der Waals surface area contributed by atoms with Crippen LogP contribution in [0, 0.1) is 0 Å². The van der Waals surface area contributed by atoms with Crippen LogP contribution in [0.2, 0.25) is 0 Å². The minimum atomic E-state index is 0.447. The van der Waals surface area contributed by atoms with E-state index in [1.807, 2.05) is 18.2 Å². The Labute approximate surface area is 105 Å². The second-order valence-corrected chi connectivity index (χ2v) is 4.53. The predicted molar refractivity (Wildman–Crippen MR) is 66.2 cm³/mol. The van der Waals surface area contributed by atoms with E-state index in [1.54, 1.807) is 0 Å². The Morgan fingerprint density at radius 3 is 2.94 bits per heavy atom. The summed E-state index contributed by atoms with van der Waals surface area (Å²) in [4.78, 5) is 13.2. The highest BCUT2D eigenvalue weighted by molar-refractivity contribution is 5.74. The first-order valence-electron chi connectivity index (χ1n) is 6.05. The molecule has 0 fully saturated rings. The molecule has 0 aliphatic carbocycles. The topological polar surface area (TPSA) is 46.3 Å². The van der Waals surface area contributed by atoms with Crippen LogP contribution in [0.4, 0.5) is 0 Å². The largest absolute Gasteiger partial charge is 0.360 e. The molecular weight excluding hydrogens is 228 g/mol. The van der Waals surface area contributed by atoms with Gasteiger partial charge in [0.25, 0.3) is 0 Å². The van der Waals surface area contributed by atoms with Gasteiger partial charge in [-0.3, -0.25) is 9.69 Å². The molecule has 1 aromatic heterocycles. The first kappa shape index (κ1) is 11.2. The normalized spacial score (nSPS) is 15.3. The van der Waals surface area contributed by atoms with Crippen molar-refractivity contribution in [2.45, 2.75) is 19.5 Å². The van der Waals surface area contributed by atoms with Gasteiger partial charge in [-0.25, -0.2) is 0 Å². The van der Waals surface area contributed by atoms with E-state index >= 15 is 0 Å². The van der Waals surface area contributed by atoms with E-state index in [-0.39, 0.29) is 0 Å². The SMILES string of the molecule is O=Cc1noc2c1CN(Cc1ccccc1)CC2. The van der Waals surface area contributed by atoms with Crippen LogP contribution in [0.3, 0.4) is 0 Å². The Bertz CT molecular complexity index is 548. The van der Waals surface area contributed by atoms with Gasteiger partial charge < -0.3 is 4.52 Å². The number of carbonyl (C=O) groups excluding carboxylic acids is 1. The summed E-state index contributed by atoms with van der Waals surface area (Å²) in [6.45, 7) is 2.57. The first-order chi connectivity index (χ1) is 8.86. The van der Waals surface area contributed by atoms with Gasteiger partial charge in [0.15, 0.2) is 12.0 Å². The lowest BCUT2D eigenvalue weighted by Gasteiger charge is -2.25. The molecule has 1 aliphatic rings. The Morgan fingerprint density at radius 2 is 2.17 bits per heavy atom. The summed E-state index contributed by atoms with van der Waals surface area (Å²) >= 11 is 0. The summed E-state index contributed by atoms with van der Waals surface area (Å²) in [7, 11) is 0.